The molecule has 0 heterocycles. The second-order valence-electron chi connectivity index (χ2n) is 3.99. The van der Waals surface area contributed by atoms with Crippen LogP contribution >= 0.6 is 0 Å². The van der Waals surface area contributed by atoms with Crippen molar-refractivity contribution in [3.63, 3.8) is 0 Å². The Kier molecular flexibility index (Phi) is 4.01. The van der Waals surface area contributed by atoms with Crippen molar-refractivity contribution in [3.05, 3.63) is 59.7 Å². The van der Waals surface area contributed by atoms with Gasteiger partial charge >= 0.3 is 0 Å². The van der Waals surface area contributed by atoms with Crippen LogP contribution in [0.15, 0.2) is 47.4 Å². The Bertz CT molecular complexity index is 715. The molecule has 2 aromatic rings. The fourth-order valence-corrected chi connectivity index (χ4v) is 2.73. The average molecular weight is 299 g/mol. The van der Waals surface area contributed by atoms with Crippen LogP contribution in [-0.4, -0.2) is 13.5 Å². The molecule has 2 N–H and O–H groups in total. The van der Waals surface area contributed by atoms with E-state index >= 15 is 0 Å². The molecule has 0 aliphatic rings. The molecule has 106 valence electrons. The monoisotopic (exact) mass is 299 g/mol. The molecule has 20 heavy (non-hydrogen) atoms. The van der Waals surface area contributed by atoms with Gasteiger partial charge in [0.25, 0.3) is 10.0 Å². The minimum absolute atomic E-state index is 0.107. The lowest BCUT2D eigenvalue weighted by Gasteiger charge is -2.12. The number of aliphatic hydroxyl groups is 1. The lowest BCUT2D eigenvalue weighted by atomic mass is 10.2. The topological polar surface area (TPSA) is 66.4 Å². The Labute approximate surface area is 114 Å². The summed E-state index contributed by atoms with van der Waals surface area (Å²) in [7, 11) is -4.05. The first kappa shape index (κ1) is 14.4. The highest BCUT2D eigenvalue weighted by molar-refractivity contribution is 7.92. The number of rotatable bonds is 4. The molecule has 0 aliphatic heterocycles. The maximum atomic E-state index is 13.6. The summed E-state index contributed by atoms with van der Waals surface area (Å²) >= 11 is 0. The number of anilines is 1. The fourth-order valence-electron chi connectivity index (χ4n) is 1.62. The van der Waals surface area contributed by atoms with E-state index in [0.29, 0.717) is 0 Å². The summed E-state index contributed by atoms with van der Waals surface area (Å²) in [4.78, 5) is -0.203. The molecule has 0 atom stereocenters. The highest BCUT2D eigenvalue weighted by Gasteiger charge is 2.18. The molecule has 0 bridgehead atoms. The average Bonchev–Trinajstić information content (AvgIpc) is 2.41. The molecule has 2 aromatic carbocycles. The molecule has 7 heteroatoms. The molecular weight excluding hydrogens is 288 g/mol. The lowest BCUT2D eigenvalue weighted by Crippen LogP contribution is -2.15. The number of para-hydroxylation sites is 1. The normalized spacial score (nSPS) is 11.3. The molecule has 0 saturated carbocycles. The first-order chi connectivity index (χ1) is 9.44. The van der Waals surface area contributed by atoms with E-state index in [0.717, 1.165) is 30.3 Å². The predicted molar refractivity (Wildman–Crippen MR) is 69.5 cm³/mol. The second-order valence-corrected chi connectivity index (χ2v) is 5.67. The molecule has 4 nitrogen and oxygen atoms in total. The SMILES string of the molecule is O=S(=O)(Nc1c(F)cccc1CO)c1ccc(F)cc1. The maximum absolute atomic E-state index is 13.6. The van der Waals surface area contributed by atoms with Crippen molar-refractivity contribution in [1.82, 2.24) is 0 Å². The summed E-state index contributed by atoms with van der Waals surface area (Å²) in [5.41, 5.74) is -0.213. The van der Waals surface area contributed by atoms with Crippen LogP contribution in [0, 0.1) is 11.6 Å². The highest BCUT2D eigenvalue weighted by atomic mass is 32.2. The van der Waals surface area contributed by atoms with Crippen LogP contribution in [-0.2, 0) is 16.6 Å². The van der Waals surface area contributed by atoms with Gasteiger partial charge in [-0.15, -0.1) is 0 Å². The van der Waals surface area contributed by atoms with Gasteiger partial charge in [-0.2, -0.15) is 0 Å². The summed E-state index contributed by atoms with van der Waals surface area (Å²) in [6, 6.07) is 7.93. The van der Waals surface area contributed by atoms with Crippen LogP contribution in [0.1, 0.15) is 5.56 Å². The summed E-state index contributed by atoms with van der Waals surface area (Å²) in [5, 5.41) is 9.10. The second kappa shape index (κ2) is 5.56. The van der Waals surface area contributed by atoms with E-state index in [1.807, 2.05) is 0 Å². The van der Waals surface area contributed by atoms with Crippen molar-refractivity contribution in [1.29, 1.82) is 0 Å². The third kappa shape index (κ3) is 2.94. The van der Waals surface area contributed by atoms with E-state index in [-0.39, 0.29) is 16.1 Å². The Hall–Kier alpha value is -1.99. The van der Waals surface area contributed by atoms with E-state index in [1.165, 1.54) is 12.1 Å². The van der Waals surface area contributed by atoms with Gasteiger partial charge in [0.1, 0.15) is 11.6 Å². The van der Waals surface area contributed by atoms with Gasteiger partial charge in [-0.05, 0) is 30.3 Å². The Balaban J connectivity index is 2.41. The van der Waals surface area contributed by atoms with Crippen molar-refractivity contribution in [2.24, 2.45) is 0 Å². The van der Waals surface area contributed by atoms with Gasteiger partial charge in [0, 0.05) is 5.56 Å². The minimum atomic E-state index is -4.05. The minimum Gasteiger partial charge on any atom is -0.392 e. The number of nitrogens with one attached hydrogen (secondary N) is 1. The van der Waals surface area contributed by atoms with Gasteiger partial charge in [0.05, 0.1) is 17.2 Å². The molecular formula is C13H11F2NO3S. The quantitative estimate of drug-likeness (QED) is 0.910. The number of aliphatic hydroxyl groups excluding tert-OH is 1. The number of benzene rings is 2. The molecule has 0 amide bonds. The van der Waals surface area contributed by atoms with Crippen LogP contribution in [0.25, 0.3) is 0 Å². The van der Waals surface area contributed by atoms with E-state index in [1.54, 1.807) is 0 Å². The first-order valence-corrected chi connectivity index (χ1v) is 7.09. The molecule has 0 saturated heterocycles. The number of sulfonamides is 1. The number of halogens is 2. The summed E-state index contributed by atoms with van der Waals surface area (Å²) in [6.45, 7) is -0.515. The third-order valence-electron chi connectivity index (χ3n) is 2.63. The Morgan fingerprint density at radius 1 is 1.05 bits per heavy atom. The highest BCUT2D eigenvalue weighted by Crippen LogP contribution is 2.23. The molecule has 0 spiro atoms. The van der Waals surface area contributed by atoms with Gasteiger partial charge in [0.15, 0.2) is 0 Å². The fraction of sp³-hybridized carbons (Fsp3) is 0.0769. The van der Waals surface area contributed by atoms with Crippen molar-refractivity contribution >= 4 is 15.7 Å². The van der Waals surface area contributed by atoms with E-state index in [4.69, 9.17) is 5.11 Å². The smallest absolute Gasteiger partial charge is 0.261 e. The van der Waals surface area contributed by atoms with E-state index < -0.39 is 28.3 Å². The Morgan fingerprint density at radius 3 is 2.30 bits per heavy atom. The summed E-state index contributed by atoms with van der Waals surface area (Å²) in [5.74, 6) is -1.38. The van der Waals surface area contributed by atoms with Gasteiger partial charge in [-0.1, -0.05) is 12.1 Å². The first-order valence-electron chi connectivity index (χ1n) is 5.60. The zero-order valence-corrected chi connectivity index (χ0v) is 11.0. The van der Waals surface area contributed by atoms with Gasteiger partial charge in [-0.25, -0.2) is 17.2 Å². The van der Waals surface area contributed by atoms with Gasteiger partial charge in [0.2, 0.25) is 0 Å². The number of hydrogen-bond donors (Lipinski definition) is 2. The standard InChI is InChI=1S/C13H11F2NO3S/c14-10-4-6-11(7-5-10)20(18,19)16-13-9(8-17)2-1-3-12(13)15/h1-7,16-17H,8H2. The summed E-state index contributed by atoms with van der Waals surface area (Å²) in [6.07, 6.45) is 0. The van der Waals surface area contributed by atoms with Gasteiger partial charge < -0.3 is 5.11 Å². The maximum Gasteiger partial charge on any atom is 0.261 e. The zero-order chi connectivity index (χ0) is 14.8. The van der Waals surface area contributed by atoms with Gasteiger partial charge in [-0.3, -0.25) is 4.72 Å². The lowest BCUT2D eigenvalue weighted by molar-refractivity contribution is 0.282. The predicted octanol–water partition coefficient (Wildman–Crippen LogP) is 2.26. The summed E-state index contributed by atoms with van der Waals surface area (Å²) < 4.78 is 52.6. The molecule has 0 unspecified atom stereocenters. The van der Waals surface area contributed by atoms with Crippen LogP contribution in [0.4, 0.5) is 14.5 Å². The van der Waals surface area contributed by atoms with Crippen LogP contribution in [0.5, 0.6) is 0 Å². The molecule has 0 fully saturated rings. The van der Waals surface area contributed by atoms with E-state index in [2.05, 4.69) is 4.72 Å². The van der Waals surface area contributed by atoms with E-state index in [9.17, 15) is 17.2 Å². The van der Waals surface area contributed by atoms with Crippen molar-refractivity contribution in [2.45, 2.75) is 11.5 Å². The zero-order valence-electron chi connectivity index (χ0n) is 10.2. The molecule has 0 aliphatic carbocycles. The van der Waals surface area contributed by atoms with Crippen LogP contribution in [0.2, 0.25) is 0 Å². The van der Waals surface area contributed by atoms with Crippen LogP contribution < -0.4 is 4.72 Å². The number of hydrogen-bond acceptors (Lipinski definition) is 3. The molecule has 0 radical (unpaired) electrons. The Morgan fingerprint density at radius 2 is 1.70 bits per heavy atom. The van der Waals surface area contributed by atoms with Crippen LogP contribution in [0.3, 0.4) is 0 Å². The molecule has 2 rings (SSSR count). The van der Waals surface area contributed by atoms with Crippen molar-refractivity contribution in [3.8, 4) is 0 Å². The largest absolute Gasteiger partial charge is 0.392 e. The van der Waals surface area contributed by atoms with Crippen molar-refractivity contribution < 1.29 is 22.3 Å². The third-order valence-corrected chi connectivity index (χ3v) is 4.00. The molecule has 0 aromatic heterocycles. The van der Waals surface area contributed by atoms with Crippen molar-refractivity contribution in [2.75, 3.05) is 4.72 Å².